The van der Waals surface area contributed by atoms with Gasteiger partial charge in [-0.05, 0) is 50.5 Å². The van der Waals surface area contributed by atoms with Gasteiger partial charge in [0.25, 0.3) is 5.91 Å². The SMILES string of the molecule is C[C@@]1(NC(=O)COC(=O)c2ccc(OC[C@H]3CCCO3)cc2)CCS(=O)(=O)C1. The lowest BCUT2D eigenvalue weighted by molar-refractivity contribution is -0.125. The minimum Gasteiger partial charge on any atom is -0.491 e. The van der Waals surface area contributed by atoms with Gasteiger partial charge < -0.3 is 19.5 Å². The smallest absolute Gasteiger partial charge is 0.338 e. The first-order valence-corrected chi connectivity index (χ1v) is 11.1. The Labute approximate surface area is 164 Å². The van der Waals surface area contributed by atoms with Gasteiger partial charge in [0.05, 0.1) is 28.7 Å². The molecule has 2 heterocycles. The van der Waals surface area contributed by atoms with Gasteiger partial charge in [-0.15, -0.1) is 0 Å². The van der Waals surface area contributed by atoms with E-state index in [0.29, 0.717) is 24.3 Å². The summed E-state index contributed by atoms with van der Waals surface area (Å²) in [5.74, 6) is -0.590. The molecule has 1 aromatic carbocycles. The molecule has 9 heteroatoms. The molecule has 1 N–H and O–H groups in total. The van der Waals surface area contributed by atoms with Crippen LogP contribution in [0.15, 0.2) is 24.3 Å². The molecular formula is C19H25NO7S. The van der Waals surface area contributed by atoms with E-state index in [4.69, 9.17) is 14.2 Å². The largest absolute Gasteiger partial charge is 0.491 e. The highest BCUT2D eigenvalue weighted by Crippen LogP contribution is 2.22. The maximum Gasteiger partial charge on any atom is 0.338 e. The number of rotatable bonds is 7. The number of sulfone groups is 1. The maximum atomic E-state index is 12.1. The molecule has 154 valence electrons. The predicted octanol–water partition coefficient (Wildman–Crippen LogP) is 1.09. The highest BCUT2D eigenvalue weighted by Gasteiger charge is 2.39. The summed E-state index contributed by atoms with van der Waals surface area (Å²) in [6, 6.07) is 6.46. The second kappa shape index (κ2) is 8.48. The summed E-state index contributed by atoms with van der Waals surface area (Å²) in [5.41, 5.74) is -0.517. The number of hydrogen-bond donors (Lipinski definition) is 1. The topological polar surface area (TPSA) is 108 Å². The van der Waals surface area contributed by atoms with Crippen molar-refractivity contribution < 1.29 is 32.2 Å². The summed E-state index contributed by atoms with van der Waals surface area (Å²) < 4.78 is 39.3. The number of carbonyl (C=O) groups is 2. The average Bonchev–Trinajstić information content (AvgIpc) is 3.25. The average molecular weight is 411 g/mol. The number of benzene rings is 1. The molecule has 3 rings (SSSR count). The van der Waals surface area contributed by atoms with Crippen molar-refractivity contribution in [1.82, 2.24) is 5.32 Å². The number of nitrogens with one attached hydrogen (secondary N) is 1. The van der Waals surface area contributed by atoms with Crippen LogP contribution in [0.3, 0.4) is 0 Å². The van der Waals surface area contributed by atoms with Crippen molar-refractivity contribution >= 4 is 21.7 Å². The van der Waals surface area contributed by atoms with Crippen LogP contribution < -0.4 is 10.1 Å². The number of esters is 1. The molecule has 0 bridgehead atoms. The zero-order chi connectivity index (χ0) is 20.2. The Morgan fingerprint density at radius 1 is 1.29 bits per heavy atom. The highest BCUT2D eigenvalue weighted by molar-refractivity contribution is 7.91. The Bertz CT molecular complexity index is 815. The molecule has 8 nitrogen and oxygen atoms in total. The van der Waals surface area contributed by atoms with E-state index in [1.54, 1.807) is 31.2 Å². The van der Waals surface area contributed by atoms with Gasteiger partial charge in [0, 0.05) is 6.61 Å². The van der Waals surface area contributed by atoms with E-state index >= 15 is 0 Å². The van der Waals surface area contributed by atoms with Crippen LogP contribution in [0.25, 0.3) is 0 Å². The zero-order valence-electron chi connectivity index (χ0n) is 15.8. The Balaban J connectivity index is 1.43. The Morgan fingerprint density at radius 3 is 2.64 bits per heavy atom. The van der Waals surface area contributed by atoms with Crippen molar-refractivity contribution in [3.63, 3.8) is 0 Å². The van der Waals surface area contributed by atoms with Crippen LogP contribution in [0.4, 0.5) is 0 Å². The predicted molar refractivity (Wildman–Crippen MR) is 101 cm³/mol. The molecule has 0 spiro atoms. The standard InChI is InChI=1S/C19H25NO7S/c1-19(8-10-28(23,24)13-19)20-17(21)12-27-18(22)14-4-6-15(7-5-14)26-11-16-3-2-9-25-16/h4-7,16H,2-3,8-13H2,1H3,(H,20,21)/t16-,19-/m1/s1. The van der Waals surface area contributed by atoms with E-state index in [1.807, 2.05) is 0 Å². The fourth-order valence-electron chi connectivity index (χ4n) is 3.35. The molecule has 2 saturated heterocycles. The van der Waals surface area contributed by atoms with E-state index in [-0.39, 0.29) is 17.6 Å². The summed E-state index contributed by atoms with van der Waals surface area (Å²) in [4.78, 5) is 24.1. The molecule has 1 aromatic rings. The van der Waals surface area contributed by atoms with E-state index < -0.39 is 33.9 Å². The van der Waals surface area contributed by atoms with Crippen LogP contribution >= 0.6 is 0 Å². The first-order chi connectivity index (χ1) is 13.2. The molecule has 0 radical (unpaired) electrons. The Hall–Kier alpha value is -2.13. The van der Waals surface area contributed by atoms with Crippen molar-refractivity contribution in [3.8, 4) is 5.75 Å². The summed E-state index contributed by atoms with van der Waals surface area (Å²) in [6.07, 6.45) is 2.49. The molecule has 28 heavy (non-hydrogen) atoms. The van der Waals surface area contributed by atoms with Crippen LogP contribution in [-0.2, 0) is 24.1 Å². The van der Waals surface area contributed by atoms with Crippen LogP contribution in [0.5, 0.6) is 5.75 Å². The molecular weight excluding hydrogens is 386 g/mol. The Kier molecular flexibility index (Phi) is 6.24. The summed E-state index contributed by atoms with van der Waals surface area (Å²) in [6.45, 7) is 2.44. The zero-order valence-corrected chi connectivity index (χ0v) is 16.6. The van der Waals surface area contributed by atoms with Gasteiger partial charge in [-0.2, -0.15) is 0 Å². The van der Waals surface area contributed by atoms with Gasteiger partial charge in [0.2, 0.25) is 0 Å². The van der Waals surface area contributed by atoms with Crippen LogP contribution in [0, 0.1) is 0 Å². The fourth-order valence-corrected chi connectivity index (χ4v) is 5.44. The van der Waals surface area contributed by atoms with E-state index in [2.05, 4.69) is 5.32 Å². The number of ether oxygens (including phenoxy) is 3. The Morgan fingerprint density at radius 2 is 2.04 bits per heavy atom. The van der Waals surface area contributed by atoms with E-state index in [0.717, 1.165) is 19.4 Å². The molecule has 1 amide bonds. The van der Waals surface area contributed by atoms with Gasteiger partial charge >= 0.3 is 5.97 Å². The van der Waals surface area contributed by atoms with Gasteiger partial charge in [-0.1, -0.05) is 0 Å². The maximum absolute atomic E-state index is 12.1. The van der Waals surface area contributed by atoms with Gasteiger partial charge in [-0.25, -0.2) is 13.2 Å². The highest BCUT2D eigenvalue weighted by atomic mass is 32.2. The van der Waals surface area contributed by atoms with Crippen molar-refractivity contribution in [2.45, 2.75) is 37.8 Å². The van der Waals surface area contributed by atoms with E-state index in [1.165, 1.54) is 0 Å². The number of hydrogen-bond acceptors (Lipinski definition) is 7. The minimum absolute atomic E-state index is 0.0465. The first kappa shape index (κ1) is 20.6. The molecule has 2 fully saturated rings. The molecule has 0 aliphatic carbocycles. The van der Waals surface area contributed by atoms with Crippen molar-refractivity contribution in [2.24, 2.45) is 0 Å². The normalized spacial score (nSPS) is 26.0. The fraction of sp³-hybridized carbons (Fsp3) is 0.579. The van der Waals surface area contributed by atoms with Crippen LogP contribution in [0.1, 0.15) is 36.5 Å². The third kappa shape index (κ3) is 5.68. The van der Waals surface area contributed by atoms with Crippen molar-refractivity contribution in [3.05, 3.63) is 29.8 Å². The second-order valence-electron chi connectivity index (χ2n) is 7.50. The lowest BCUT2D eigenvalue weighted by Gasteiger charge is -2.23. The number of carbonyl (C=O) groups excluding carboxylic acids is 2. The van der Waals surface area contributed by atoms with Crippen molar-refractivity contribution in [1.29, 1.82) is 0 Å². The minimum atomic E-state index is -3.13. The van der Waals surface area contributed by atoms with E-state index in [9.17, 15) is 18.0 Å². The lowest BCUT2D eigenvalue weighted by Crippen LogP contribution is -2.48. The quantitative estimate of drug-likeness (QED) is 0.669. The van der Waals surface area contributed by atoms with Crippen LogP contribution in [-0.4, -0.2) is 63.3 Å². The summed E-state index contributed by atoms with van der Waals surface area (Å²) >= 11 is 0. The van der Waals surface area contributed by atoms with Gasteiger partial charge in [0.15, 0.2) is 16.4 Å². The molecule has 0 aromatic heterocycles. The molecule has 2 aliphatic rings. The second-order valence-corrected chi connectivity index (χ2v) is 9.68. The lowest BCUT2D eigenvalue weighted by atomic mass is 10.0. The van der Waals surface area contributed by atoms with Gasteiger partial charge in [0.1, 0.15) is 12.4 Å². The van der Waals surface area contributed by atoms with Crippen molar-refractivity contribution in [2.75, 3.05) is 31.3 Å². The molecule has 2 aliphatic heterocycles. The molecule has 0 saturated carbocycles. The summed E-state index contributed by atoms with van der Waals surface area (Å²) in [5, 5.41) is 2.64. The third-order valence-corrected chi connectivity index (χ3v) is 6.73. The monoisotopic (exact) mass is 411 g/mol. The molecule has 0 unspecified atom stereocenters. The summed E-state index contributed by atoms with van der Waals surface area (Å²) in [7, 11) is -3.13. The first-order valence-electron chi connectivity index (χ1n) is 9.28. The third-order valence-electron chi connectivity index (χ3n) is 4.83. The number of amides is 1. The van der Waals surface area contributed by atoms with Crippen LogP contribution in [0.2, 0.25) is 0 Å². The van der Waals surface area contributed by atoms with Gasteiger partial charge in [-0.3, -0.25) is 4.79 Å². The molecule has 2 atom stereocenters.